The van der Waals surface area contributed by atoms with Gasteiger partial charge in [-0.25, -0.2) is 4.98 Å². The van der Waals surface area contributed by atoms with E-state index in [1.54, 1.807) is 24.7 Å². The fourth-order valence-electron chi connectivity index (χ4n) is 2.41. The highest BCUT2D eigenvalue weighted by Gasteiger charge is 2.03. The first-order valence-electron chi connectivity index (χ1n) is 7.45. The molecule has 4 heteroatoms. The highest BCUT2D eigenvalue weighted by Crippen LogP contribution is 2.17. The molecule has 0 saturated heterocycles. The van der Waals surface area contributed by atoms with Crippen LogP contribution in [-0.4, -0.2) is 9.55 Å². The van der Waals surface area contributed by atoms with E-state index in [0.717, 1.165) is 16.7 Å². The van der Waals surface area contributed by atoms with Crippen LogP contribution in [0.3, 0.4) is 0 Å². The van der Waals surface area contributed by atoms with Gasteiger partial charge in [0.05, 0.1) is 29.6 Å². The van der Waals surface area contributed by atoms with Gasteiger partial charge in [0.2, 0.25) is 0 Å². The van der Waals surface area contributed by atoms with Crippen LogP contribution >= 0.6 is 0 Å². The Morgan fingerprint density at radius 2 is 1.71 bits per heavy atom. The highest BCUT2D eigenvalue weighted by atomic mass is 15.0. The van der Waals surface area contributed by atoms with Crippen molar-refractivity contribution in [3.63, 3.8) is 0 Å². The van der Waals surface area contributed by atoms with Gasteiger partial charge in [-0.2, -0.15) is 10.5 Å². The van der Waals surface area contributed by atoms with Crippen molar-refractivity contribution in [1.29, 1.82) is 10.5 Å². The number of nitriles is 2. The molecule has 0 fully saturated rings. The molecule has 2 aromatic carbocycles. The van der Waals surface area contributed by atoms with Gasteiger partial charge in [-0.05, 0) is 41.0 Å². The standard InChI is InChI=1S/C20H14N4/c21-12-17-3-1-16(2-4-17)5-7-19-8-6-18(13-22)11-20(19)14-24-10-9-23-15-24/h1-11,15H,14H2/b7-5+. The SMILES string of the molecule is N#Cc1ccc(/C=C/c2ccc(C#N)cc2Cn2ccnc2)cc1. The molecule has 3 aromatic rings. The van der Waals surface area contributed by atoms with Crippen molar-refractivity contribution in [3.05, 3.63) is 89.0 Å². The lowest BCUT2D eigenvalue weighted by Gasteiger charge is -2.08. The van der Waals surface area contributed by atoms with Crippen LogP contribution in [0.25, 0.3) is 12.2 Å². The Morgan fingerprint density at radius 3 is 2.38 bits per heavy atom. The summed E-state index contributed by atoms with van der Waals surface area (Å²) in [6.07, 6.45) is 9.41. The smallest absolute Gasteiger partial charge is 0.0991 e. The molecule has 1 aromatic heterocycles. The Morgan fingerprint density at radius 1 is 0.958 bits per heavy atom. The third kappa shape index (κ3) is 3.58. The van der Waals surface area contributed by atoms with Crippen LogP contribution in [0.15, 0.2) is 61.2 Å². The topological polar surface area (TPSA) is 65.4 Å². The predicted molar refractivity (Wildman–Crippen MR) is 92.6 cm³/mol. The van der Waals surface area contributed by atoms with Crippen LogP contribution in [0.1, 0.15) is 27.8 Å². The summed E-state index contributed by atoms with van der Waals surface area (Å²) in [7, 11) is 0. The van der Waals surface area contributed by atoms with Gasteiger partial charge in [-0.3, -0.25) is 0 Å². The molecule has 0 bridgehead atoms. The summed E-state index contributed by atoms with van der Waals surface area (Å²) < 4.78 is 1.97. The monoisotopic (exact) mass is 310 g/mol. The molecule has 24 heavy (non-hydrogen) atoms. The van der Waals surface area contributed by atoms with Gasteiger partial charge in [-0.1, -0.05) is 30.4 Å². The minimum absolute atomic E-state index is 0.639. The zero-order valence-electron chi connectivity index (χ0n) is 12.9. The van der Waals surface area contributed by atoms with E-state index >= 15 is 0 Å². The maximum atomic E-state index is 9.12. The van der Waals surface area contributed by atoms with Crippen LogP contribution in [0.4, 0.5) is 0 Å². The Kier molecular flexibility index (Phi) is 4.51. The maximum absolute atomic E-state index is 9.12. The van der Waals surface area contributed by atoms with E-state index in [4.69, 9.17) is 10.5 Å². The Hall–Kier alpha value is -3.63. The molecule has 0 aliphatic heterocycles. The molecule has 3 rings (SSSR count). The number of rotatable bonds is 4. The van der Waals surface area contributed by atoms with E-state index in [2.05, 4.69) is 17.1 Å². The zero-order valence-corrected chi connectivity index (χ0v) is 12.9. The number of hydrogen-bond donors (Lipinski definition) is 0. The van der Waals surface area contributed by atoms with Crippen LogP contribution < -0.4 is 0 Å². The second-order valence-electron chi connectivity index (χ2n) is 5.33. The summed E-state index contributed by atoms with van der Waals surface area (Å²) in [5.74, 6) is 0. The van der Waals surface area contributed by atoms with Crippen molar-refractivity contribution in [2.75, 3.05) is 0 Å². The Balaban J connectivity index is 1.90. The Bertz CT molecular complexity index is 937. The lowest BCUT2D eigenvalue weighted by molar-refractivity contribution is 0.796. The number of nitrogens with zero attached hydrogens (tertiary/aromatic N) is 4. The molecule has 114 valence electrons. The number of benzene rings is 2. The van der Waals surface area contributed by atoms with Gasteiger partial charge in [0.1, 0.15) is 0 Å². The first-order valence-corrected chi connectivity index (χ1v) is 7.45. The quantitative estimate of drug-likeness (QED) is 0.688. The molecule has 1 heterocycles. The van der Waals surface area contributed by atoms with Gasteiger partial charge >= 0.3 is 0 Å². The average molecular weight is 310 g/mol. The molecule has 0 unspecified atom stereocenters. The highest BCUT2D eigenvalue weighted by molar-refractivity contribution is 5.71. The Labute approximate surface area is 140 Å². The van der Waals surface area contributed by atoms with E-state index < -0.39 is 0 Å². The van der Waals surface area contributed by atoms with Gasteiger partial charge in [0.25, 0.3) is 0 Å². The van der Waals surface area contributed by atoms with E-state index in [1.807, 2.05) is 53.2 Å². The van der Waals surface area contributed by atoms with E-state index in [9.17, 15) is 0 Å². The molecule has 0 aliphatic carbocycles. The van der Waals surface area contributed by atoms with Crippen LogP contribution in [0, 0.1) is 22.7 Å². The first kappa shape index (κ1) is 15.3. The fourth-order valence-corrected chi connectivity index (χ4v) is 2.41. The third-order valence-electron chi connectivity index (χ3n) is 3.68. The largest absolute Gasteiger partial charge is 0.333 e. The molecule has 0 aliphatic rings. The molecule has 0 saturated carbocycles. The minimum Gasteiger partial charge on any atom is -0.333 e. The first-order chi connectivity index (χ1) is 11.8. The molecule has 0 spiro atoms. The third-order valence-corrected chi connectivity index (χ3v) is 3.68. The van der Waals surface area contributed by atoms with Crippen molar-refractivity contribution >= 4 is 12.2 Å². The lowest BCUT2D eigenvalue weighted by atomic mass is 10.0. The summed E-state index contributed by atoms with van der Waals surface area (Å²) in [5.41, 5.74) is 4.41. The van der Waals surface area contributed by atoms with Gasteiger partial charge in [0, 0.05) is 18.9 Å². The molecular formula is C20H14N4. The second-order valence-corrected chi connectivity index (χ2v) is 5.33. The summed E-state index contributed by atoms with van der Waals surface area (Å²) in [6, 6.07) is 17.4. The van der Waals surface area contributed by atoms with Crippen molar-refractivity contribution in [3.8, 4) is 12.1 Å². The maximum Gasteiger partial charge on any atom is 0.0991 e. The van der Waals surface area contributed by atoms with Crippen LogP contribution in [0.2, 0.25) is 0 Å². The summed E-state index contributed by atoms with van der Waals surface area (Å²) in [4.78, 5) is 4.05. The molecule has 0 radical (unpaired) electrons. The van der Waals surface area contributed by atoms with Gasteiger partial charge in [-0.15, -0.1) is 0 Å². The average Bonchev–Trinajstić information content (AvgIpc) is 3.14. The van der Waals surface area contributed by atoms with E-state index in [-0.39, 0.29) is 0 Å². The summed E-state index contributed by atoms with van der Waals surface area (Å²) in [6.45, 7) is 0.655. The number of aromatic nitrogens is 2. The van der Waals surface area contributed by atoms with E-state index in [0.29, 0.717) is 17.7 Å². The molecule has 4 nitrogen and oxygen atoms in total. The molecule has 0 amide bonds. The summed E-state index contributed by atoms with van der Waals surface area (Å²) >= 11 is 0. The molecule has 0 atom stereocenters. The van der Waals surface area contributed by atoms with Crippen LogP contribution in [0.5, 0.6) is 0 Å². The van der Waals surface area contributed by atoms with Gasteiger partial charge in [0.15, 0.2) is 0 Å². The van der Waals surface area contributed by atoms with Crippen molar-refractivity contribution < 1.29 is 0 Å². The van der Waals surface area contributed by atoms with Crippen molar-refractivity contribution in [1.82, 2.24) is 9.55 Å². The summed E-state index contributed by atoms with van der Waals surface area (Å²) in [5, 5.41) is 18.0. The minimum atomic E-state index is 0.639. The zero-order chi connectivity index (χ0) is 16.8. The second kappa shape index (κ2) is 7.09. The predicted octanol–water partition coefficient (Wildman–Crippen LogP) is 3.85. The van der Waals surface area contributed by atoms with Gasteiger partial charge < -0.3 is 4.57 Å². The number of imidazole rings is 1. The molecular weight excluding hydrogens is 296 g/mol. The lowest BCUT2D eigenvalue weighted by Crippen LogP contribution is -1.99. The van der Waals surface area contributed by atoms with E-state index in [1.165, 1.54) is 0 Å². The van der Waals surface area contributed by atoms with Crippen molar-refractivity contribution in [2.24, 2.45) is 0 Å². The van der Waals surface area contributed by atoms with Crippen molar-refractivity contribution in [2.45, 2.75) is 6.54 Å². The number of hydrogen-bond acceptors (Lipinski definition) is 3. The normalized spacial score (nSPS) is 10.4. The van der Waals surface area contributed by atoms with Crippen LogP contribution in [-0.2, 0) is 6.54 Å². The fraction of sp³-hybridized carbons (Fsp3) is 0.0500. The molecule has 0 N–H and O–H groups in total.